The standard InChI is InChI=1S/C12H17NOS/c1-15-11-5-3-2-4-10(11)12(13)9-6-7-14-8-9/h2-5,9,12H,6-8,13H2,1H3. The molecule has 1 heterocycles. The van der Waals surface area contributed by atoms with E-state index in [4.69, 9.17) is 10.5 Å². The van der Waals surface area contributed by atoms with E-state index in [1.165, 1.54) is 10.5 Å². The van der Waals surface area contributed by atoms with E-state index >= 15 is 0 Å². The molecule has 0 amide bonds. The SMILES string of the molecule is CSc1ccccc1C(N)C1CCOC1. The second-order valence-electron chi connectivity index (χ2n) is 3.89. The molecule has 0 spiro atoms. The lowest BCUT2D eigenvalue weighted by molar-refractivity contribution is 0.180. The number of ether oxygens (including phenoxy) is 1. The van der Waals surface area contributed by atoms with Gasteiger partial charge < -0.3 is 10.5 Å². The third-order valence-electron chi connectivity index (χ3n) is 2.97. The summed E-state index contributed by atoms with van der Waals surface area (Å²) >= 11 is 1.76. The highest BCUT2D eigenvalue weighted by atomic mass is 32.2. The van der Waals surface area contributed by atoms with Crippen molar-refractivity contribution in [1.82, 2.24) is 0 Å². The molecular weight excluding hydrogens is 206 g/mol. The fraction of sp³-hybridized carbons (Fsp3) is 0.500. The highest BCUT2D eigenvalue weighted by Crippen LogP contribution is 2.32. The van der Waals surface area contributed by atoms with Crippen LogP contribution in [0.5, 0.6) is 0 Å². The fourth-order valence-electron chi connectivity index (χ4n) is 2.03. The molecule has 0 bridgehead atoms. The highest BCUT2D eigenvalue weighted by Gasteiger charge is 2.25. The molecule has 0 aromatic heterocycles. The van der Waals surface area contributed by atoms with Crippen LogP contribution < -0.4 is 5.73 Å². The molecule has 1 aromatic carbocycles. The molecule has 82 valence electrons. The minimum Gasteiger partial charge on any atom is -0.381 e. The Bertz CT molecular complexity index is 323. The van der Waals surface area contributed by atoms with Gasteiger partial charge in [0.2, 0.25) is 0 Å². The molecule has 1 fully saturated rings. The average molecular weight is 223 g/mol. The van der Waals surface area contributed by atoms with Gasteiger partial charge in [-0.25, -0.2) is 0 Å². The van der Waals surface area contributed by atoms with Crippen molar-refractivity contribution in [2.24, 2.45) is 11.7 Å². The second kappa shape index (κ2) is 5.01. The predicted molar refractivity (Wildman–Crippen MR) is 64.1 cm³/mol. The lowest BCUT2D eigenvalue weighted by Gasteiger charge is -2.20. The first kappa shape index (κ1) is 11.0. The van der Waals surface area contributed by atoms with Gasteiger partial charge in [-0.2, -0.15) is 0 Å². The van der Waals surface area contributed by atoms with Crippen LogP contribution in [0.15, 0.2) is 29.2 Å². The van der Waals surface area contributed by atoms with Gasteiger partial charge in [0, 0.05) is 23.5 Å². The van der Waals surface area contributed by atoms with Crippen LogP contribution >= 0.6 is 11.8 Å². The van der Waals surface area contributed by atoms with E-state index in [2.05, 4.69) is 30.5 Å². The molecule has 0 saturated carbocycles. The third kappa shape index (κ3) is 2.36. The summed E-state index contributed by atoms with van der Waals surface area (Å²) in [5, 5.41) is 0. The molecule has 3 heteroatoms. The van der Waals surface area contributed by atoms with Gasteiger partial charge in [0.15, 0.2) is 0 Å². The first-order chi connectivity index (χ1) is 7.33. The molecule has 15 heavy (non-hydrogen) atoms. The normalized spacial score (nSPS) is 22.9. The summed E-state index contributed by atoms with van der Waals surface area (Å²) in [5.74, 6) is 0.485. The van der Waals surface area contributed by atoms with Crippen molar-refractivity contribution in [3.05, 3.63) is 29.8 Å². The maximum Gasteiger partial charge on any atom is 0.0513 e. The first-order valence-electron chi connectivity index (χ1n) is 5.29. The summed E-state index contributed by atoms with van der Waals surface area (Å²) < 4.78 is 5.39. The van der Waals surface area contributed by atoms with E-state index in [0.717, 1.165) is 19.6 Å². The zero-order valence-electron chi connectivity index (χ0n) is 8.98. The van der Waals surface area contributed by atoms with Crippen molar-refractivity contribution in [2.75, 3.05) is 19.5 Å². The van der Waals surface area contributed by atoms with Crippen LogP contribution in [-0.2, 0) is 4.74 Å². The van der Waals surface area contributed by atoms with Crippen LogP contribution in [0, 0.1) is 5.92 Å². The quantitative estimate of drug-likeness (QED) is 0.799. The lowest BCUT2D eigenvalue weighted by atomic mass is 9.93. The van der Waals surface area contributed by atoms with Crippen molar-refractivity contribution < 1.29 is 4.74 Å². The molecule has 0 radical (unpaired) electrons. The van der Waals surface area contributed by atoms with Gasteiger partial charge in [-0.05, 0) is 24.3 Å². The van der Waals surface area contributed by atoms with Gasteiger partial charge >= 0.3 is 0 Å². The highest BCUT2D eigenvalue weighted by molar-refractivity contribution is 7.98. The van der Waals surface area contributed by atoms with Crippen molar-refractivity contribution in [3.8, 4) is 0 Å². The number of hydrogen-bond acceptors (Lipinski definition) is 3. The lowest BCUT2D eigenvalue weighted by Crippen LogP contribution is -2.22. The van der Waals surface area contributed by atoms with E-state index in [9.17, 15) is 0 Å². The van der Waals surface area contributed by atoms with Crippen LogP contribution in [0.2, 0.25) is 0 Å². The molecule has 2 atom stereocenters. The number of hydrogen-bond donors (Lipinski definition) is 1. The molecule has 1 saturated heterocycles. The fourth-order valence-corrected chi connectivity index (χ4v) is 2.69. The summed E-state index contributed by atoms with van der Waals surface area (Å²) in [6.07, 6.45) is 3.18. The Morgan fingerprint density at radius 3 is 2.93 bits per heavy atom. The molecule has 0 aliphatic carbocycles. The summed E-state index contributed by atoms with van der Waals surface area (Å²) in [5.41, 5.74) is 7.55. The minimum atomic E-state index is 0.121. The monoisotopic (exact) mass is 223 g/mol. The molecule has 2 nitrogen and oxygen atoms in total. The van der Waals surface area contributed by atoms with Gasteiger partial charge in [-0.15, -0.1) is 11.8 Å². The summed E-state index contributed by atoms with van der Waals surface area (Å²) in [7, 11) is 0. The Hall–Kier alpha value is -0.510. The zero-order valence-corrected chi connectivity index (χ0v) is 9.80. The van der Waals surface area contributed by atoms with Crippen LogP contribution in [-0.4, -0.2) is 19.5 Å². The van der Waals surface area contributed by atoms with Gasteiger partial charge in [0.25, 0.3) is 0 Å². The van der Waals surface area contributed by atoms with Gasteiger partial charge in [-0.1, -0.05) is 18.2 Å². The predicted octanol–water partition coefficient (Wildman–Crippen LogP) is 2.44. The molecule has 1 aliphatic rings. The van der Waals surface area contributed by atoms with Crippen LogP contribution in [0.25, 0.3) is 0 Å². The second-order valence-corrected chi connectivity index (χ2v) is 4.74. The van der Waals surface area contributed by atoms with Crippen molar-refractivity contribution >= 4 is 11.8 Å². The molecule has 2 unspecified atom stereocenters. The van der Waals surface area contributed by atoms with Gasteiger partial charge in [0.1, 0.15) is 0 Å². The van der Waals surface area contributed by atoms with Crippen molar-refractivity contribution in [2.45, 2.75) is 17.4 Å². The maximum absolute atomic E-state index is 6.28. The summed E-state index contributed by atoms with van der Waals surface area (Å²) in [6, 6.07) is 8.51. The average Bonchev–Trinajstić information content (AvgIpc) is 2.81. The Morgan fingerprint density at radius 2 is 2.27 bits per heavy atom. The largest absolute Gasteiger partial charge is 0.381 e. The Labute approximate surface area is 95.2 Å². The molecule has 2 rings (SSSR count). The zero-order chi connectivity index (χ0) is 10.7. The Morgan fingerprint density at radius 1 is 1.47 bits per heavy atom. The first-order valence-corrected chi connectivity index (χ1v) is 6.51. The number of nitrogens with two attached hydrogens (primary N) is 1. The molecule has 1 aromatic rings. The summed E-state index contributed by atoms with van der Waals surface area (Å²) in [6.45, 7) is 1.67. The molecular formula is C12H17NOS. The number of thioether (sulfide) groups is 1. The van der Waals surface area contributed by atoms with E-state index in [1.807, 2.05) is 0 Å². The van der Waals surface area contributed by atoms with Crippen molar-refractivity contribution in [1.29, 1.82) is 0 Å². The van der Waals surface area contributed by atoms with Gasteiger partial charge in [-0.3, -0.25) is 0 Å². The van der Waals surface area contributed by atoms with E-state index in [-0.39, 0.29) is 6.04 Å². The topological polar surface area (TPSA) is 35.2 Å². The third-order valence-corrected chi connectivity index (χ3v) is 3.78. The Balaban J connectivity index is 2.19. The van der Waals surface area contributed by atoms with E-state index in [0.29, 0.717) is 5.92 Å². The molecule has 2 N–H and O–H groups in total. The van der Waals surface area contributed by atoms with Crippen LogP contribution in [0.4, 0.5) is 0 Å². The minimum absolute atomic E-state index is 0.121. The van der Waals surface area contributed by atoms with Gasteiger partial charge in [0.05, 0.1) is 6.61 Å². The number of rotatable bonds is 3. The van der Waals surface area contributed by atoms with E-state index < -0.39 is 0 Å². The van der Waals surface area contributed by atoms with E-state index in [1.54, 1.807) is 11.8 Å². The maximum atomic E-state index is 6.28. The van der Waals surface area contributed by atoms with Crippen LogP contribution in [0.1, 0.15) is 18.0 Å². The van der Waals surface area contributed by atoms with Crippen molar-refractivity contribution in [3.63, 3.8) is 0 Å². The smallest absolute Gasteiger partial charge is 0.0513 e. The molecule has 1 aliphatic heterocycles. The number of benzene rings is 1. The Kier molecular flexibility index (Phi) is 3.67. The summed E-state index contributed by atoms with van der Waals surface area (Å²) in [4.78, 5) is 1.29. The van der Waals surface area contributed by atoms with Crippen LogP contribution in [0.3, 0.4) is 0 Å².